The van der Waals surface area contributed by atoms with Gasteiger partial charge in [0.25, 0.3) is 0 Å². The third kappa shape index (κ3) is 1.64. The highest BCUT2D eigenvalue weighted by Crippen LogP contribution is 2.31. The highest BCUT2D eigenvalue weighted by molar-refractivity contribution is 4.79. The monoisotopic (exact) mass is 169 g/mol. The van der Waals surface area contributed by atoms with E-state index in [-0.39, 0.29) is 6.23 Å². The van der Waals surface area contributed by atoms with Crippen molar-refractivity contribution in [3.05, 3.63) is 0 Å². The van der Waals surface area contributed by atoms with Crippen LogP contribution in [0.25, 0.3) is 0 Å². The predicted octanol–water partition coefficient (Wildman–Crippen LogP) is 1.59. The fraction of sp³-hybridized carbons (Fsp3) is 1.00. The van der Waals surface area contributed by atoms with Gasteiger partial charge in [-0.1, -0.05) is 12.8 Å². The Labute approximate surface area is 74.6 Å². The number of hydrogen-bond donors (Lipinski definition) is 1. The van der Waals surface area contributed by atoms with Crippen molar-refractivity contribution in [1.82, 2.24) is 4.90 Å². The van der Waals surface area contributed by atoms with Crippen LogP contribution in [0.1, 0.15) is 38.5 Å². The fourth-order valence-electron chi connectivity index (χ4n) is 2.22. The summed E-state index contributed by atoms with van der Waals surface area (Å²) >= 11 is 0. The highest BCUT2D eigenvalue weighted by Gasteiger charge is 2.30. The number of rotatable bonds is 2. The van der Waals surface area contributed by atoms with Gasteiger partial charge in [-0.3, -0.25) is 4.90 Å². The minimum Gasteiger partial charge on any atom is -0.378 e. The van der Waals surface area contributed by atoms with Gasteiger partial charge in [-0.15, -0.1) is 0 Å². The van der Waals surface area contributed by atoms with E-state index in [9.17, 15) is 5.11 Å². The summed E-state index contributed by atoms with van der Waals surface area (Å²) in [6.45, 7) is 2.25. The summed E-state index contributed by atoms with van der Waals surface area (Å²) in [4.78, 5) is 2.27. The predicted molar refractivity (Wildman–Crippen MR) is 48.8 cm³/mol. The summed E-state index contributed by atoms with van der Waals surface area (Å²) in [7, 11) is 0. The van der Waals surface area contributed by atoms with Crippen LogP contribution < -0.4 is 0 Å². The van der Waals surface area contributed by atoms with E-state index in [4.69, 9.17) is 0 Å². The molecule has 1 aliphatic carbocycles. The molecule has 0 bridgehead atoms. The summed E-state index contributed by atoms with van der Waals surface area (Å²) in [5.74, 6) is 0.600. The summed E-state index contributed by atoms with van der Waals surface area (Å²) < 4.78 is 0. The Morgan fingerprint density at radius 1 is 1.00 bits per heavy atom. The zero-order valence-electron chi connectivity index (χ0n) is 7.71. The average Bonchev–Trinajstić information content (AvgIpc) is 2.03. The fourth-order valence-corrected chi connectivity index (χ4v) is 2.22. The minimum atomic E-state index is -0.112. The molecule has 2 heteroatoms. The Balaban J connectivity index is 1.80. The van der Waals surface area contributed by atoms with E-state index in [1.54, 1.807) is 0 Å². The second-order valence-corrected chi connectivity index (χ2v) is 4.20. The maximum Gasteiger partial charge on any atom is 0.110 e. The third-order valence-electron chi connectivity index (χ3n) is 3.34. The van der Waals surface area contributed by atoms with Gasteiger partial charge in [0.2, 0.25) is 0 Å². The Morgan fingerprint density at radius 2 is 1.67 bits per heavy atom. The molecule has 1 saturated heterocycles. The van der Waals surface area contributed by atoms with Crippen molar-refractivity contribution in [1.29, 1.82) is 0 Å². The largest absolute Gasteiger partial charge is 0.378 e. The quantitative estimate of drug-likeness (QED) is 0.678. The van der Waals surface area contributed by atoms with Crippen molar-refractivity contribution in [2.45, 2.75) is 44.8 Å². The van der Waals surface area contributed by atoms with Crippen molar-refractivity contribution in [2.24, 2.45) is 5.92 Å². The molecule has 2 aliphatic rings. The van der Waals surface area contributed by atoms with Crippen molar-refractivity contribution >= 4 is 0 Å². The number of likely N-dealkylation sites (tertiary alicyclic amines) is 1. The first kappa shape index (κ1) is 8.52. The molecule has 2 fully saturated rings. The van der Waals surface area contributed by atoms with Crippen LogP contribution in [0.15, 0.2) is 0 Å². The lowest BCUT2D eigenvalue weighted by Gasteiger charge is -2.39. The zero-order valence-corrected chi connectivity index (χ0v) is 7.71. The van der Waals surface area contributed by atoms with Crippen LogP contribution in [-0.4, -0.2) is 29.3 Å². The third-order valence-corrected chi connectivity index (χ3v) is 3.34. The lowest BCUT2D eigenvalue weighted by Crippen LogP contribution is -2.45. The smallest absolute Gasteiger partial charge is 0.110 e. The molecule has 0 spiro atoms. The summed E-state index contributed by atoms with van der Waals surface area (Å²) in [5.41, 5.74) is 0. The van der Waals surface area contributed by atoms with E-state index >= 15 is 0 Å². The molecule has 1 saturated carbocycles. The summed E-state index contributed by atoms with van der Waals surface area (Å²) in [5, 5.41) is 9.92. The average molecular weight is 169 g/mol. The molecule has 0 aromatic carbocycles. The molecule has 1 heterocycles. The maximum absolute atomic E-state index is 9.92. The molecule has 12 heavy (non-hydrogen) atoms. The molecule has 1 aliphatic heterocycles. The molecule has 1 unspecified atom stereocenters. The van der Waals surface area contributed by atoms with Gasteiger partial charge >= 0.3 is 0 Å². The molecule has 0 radical (unpaired) electrons. The van der Waals surface area contributed by atoms with Crippen LogP contribution in [0.3, 0.4) is 0 Å². The lowest BCUT2D eigenvalue weighted by molar-refractivity contribution is -0.0714. The highest BCUT2D eigenvalue weighted by atomic mass is 16.3. The van der Waals surface area contributed by atoms with Gasteiger partial charge in [0.1, 0.15) is 6.23 Å². The lowest BCUT2D eigenvalue weighted by atomic mass is 9.83. The Kier molecular flexibility index (Phi) is 2.66. The zero-order chi connectivity index (χ0) is 8.39. The topological polar surface area (TPSA) is 23.5 Å². The van der Waals surface area contributed by atoms with E-state index in [0.717, 1.165) is 13.1 Å². The van der Waals surface area contributed by atoms with Gasteiger partial charge in [-0.05, 0) is 31.6 Å². The van der Waals surface area contributed by atoms with Crippen molar-refractivity contribution in [2.75, 3.05) is 13.1 Å². The van der Waals surface area contributed by atoms with Crippen LogP contribution in [0, 0.1) is 5.92 Å². The number of piperidine rings is 1. The molecular weight excluding hydrogens is 150 g/mol. The van der Waals surface area contributed by atoms with Gasteiger partial charge in [-0.2, -0.15) is 0 Å². The van der Waals surface area contributed by atoms with Gasteiger partial charge < -0.3 is 5.11 Å². The molecule has 0 amide bonds. The van der Waals surface area contributed by atoms with Crippen LogP contribution in [0.5, 0.6) is 0 Å². The standard InChI is InChI=1S/C10H19NO/c12-10(9-5-4-6-9)11-7-2-1-3-8-11/h9-10,12H,1-8H2. The number of aliphatic hydroxyl groups excluding tert-OH is 1. The Morgan fingerprint density at radius 3 is 2.17 bits per heavy atom. The van der Waals surface area contributed by atoms with Crippen LogP contribution in [-0.2, 0) is 0 Å². The molecule has 70 valence electrons. The molecule has 1 N–H and O–H groups in total. The number of aliphatic hydroxyl groups is 1. The van der Waals surface area contributed by atoms with Gasteiger partial charge in [0.05, 0.1) is 0 Å². The van der Waals surface area contributed by atoms with Crippen molar-refractivity contribution < 1.29 is 5.11 Å². The van der Waals surface area contributed by atoms with Crippen LogP contribution >= 0.6 is 0 Å². The van der Waals surface area contributed by atoms with E-state index in [0.29, 0.717) is 5.92 Å². The number of hydrogen-bond acceptors (Lipinski definition) is 2. The molecule has 0 aromatic heterocycles. The first-order valence-electron chi connectivity index (χ1n) is 5.30. The Bertz CT molecular complexity index is 139. The first-order valence-corrected chi connectivity index (χ1v) is 5.30. The SMILES string of the molecule is OC(C1CCC1)N1CCCCC1. The summed E-state index contributed by atoms with van der Waals surface area (Å²) in [6, 6.07) is 0. The molecule has 2 rings (SSSR count). The van der Waals surface area contributed by atoms with E-state index in [1.165, 1.54) is 38.5 Å². The van der Waals surface area contributed by atoms with Crippen molar-refractivity contribution in [3.8, 4) is 0 Å². The van der Waals surface area contributed by atoms with Crippen LogP contribution in [0.4, 0.5) is 0 Å². The van der Waals surface area contributed by atoms with Gasteiger partial charge in [0, 0.05) is 13.1 Å². The first-order chi connectivity index (χ1) is 5.88. The molecule has 0 aromatic rings. The summed E-state index contributed by atoms with van der Waals surface area (Å²) in [6.07, 6.45) is 7.63. The molecule has 2 nitrogen and oxygen atoms in total. The second-order valence-electron chi connectivity index (χ2n) is 4.20. The van der Waals surface area contributed by atoms with Gasteiger partial charge in [-0.25, -0.2) is 0 Å². The number of nitrogens with zero attached hydrogens (tertiary/aromatic N) is 1. The van der Waals surface area contributed by atoms with E-state index < -0.39 is 0 Å². The normalized spacial score (nSPS) is 29.8. The van der Waals surface area contributed by atoms with E-state index in [1.807, 2.05) is 0 Å². The van der Waals surface area contributed by atoms with E-state index in [2.05, 4.69) is 4.90 Å². The molecule has 1 atom stereocenters. The Hall–Kier alpha value is -0.0800. The van der Waals surface area contributed by atoms with Crippen LogP contribution in [0.2, 0.25) is 0 Å². The van der Waals surface area contributed by atoms with Gasteiger partial charge in [0.15, 0.2) is 0 Å². The van der Waals surface area contributed by atoms with Crippen molar-refractivity contribution in [3.63, 3.8) is 0 Å². The maximum atomic E-state index is 9.92. The second kappa shape index (κ2) is 3.75. The molecular formula is C10H19NO. The minimum absolute atomic E-state index is 0.112.